The van der Waals surface area contributed by atoms with Crippen LogP contribution in [0.2, 0.25) is 0 Å². The first-order chi connectivity index (χ1) is 9.70. The van der Waals surface area contributed by atoms with Crippen molar-refractivity contribution in [3.05, 3.63) is 35.9 Å². The Hall–Kier alpha value is -1.14. The number of nitrogens with zero attached hydrogens (tertiary/aromatic N) is 1. The molecule has 1 atom stereocenters. The first-order valence-corrected chi connectivity index (χ1v) is 7.07. The molecule has 5 nitrogen and oxygen atoms in total. The number of carbonyl (C=O) groups excluding carboxylic acids is 1. The summed E-state index contributed by atoms with van der Waals surface area (Å²) in [6.45, 7) is 2.40. The molecule has 2 saturated heterocycles. The zero-order valence-electron chi connectivity index (χ0n) is 11.9. The SMILES string of the molecule is Cl.NC(C(=O)N1CCCC2(C1)OCCO2)c1ccccc1. The molecule has 0 saturated carbocycles. The predicted octanol–water partition coefficient (Wildman–Crippen LogP) is 1.47. The Morgan fingerprint density at radius 1 is 1.24 bits per heavy atom. The maximum Gasteiger partial charge on any atom is 0.244 e. The van der Waals surface area contributed by atoms with Gasteiger partial charge in [0.05, 0.1) is 19.8 Å². The minimum atomic E-state index is -0.618. The van der Waals surface area contributed by atoms with Gasteiger partial charge in [-0.15, -0.1) is 12.4 Å². The average Bonchev–Trinajstić information content (AvgIpc) is 2.94. The van der Waals surface area contributed by atoms with Gasteiger partial charge in [-0.2, -0.15) is 0 Å². The highest BCUT2D eigenvalue weighted by molar-refractivity contribution is 5.85. The number of halogens is 1. The van der Waals surface area contributed by atoms with Crippen LogP contribution in [0.15, 0.2) is 30.3 Å². The van der Waals surface area contributed by atoms with Crippen molar-refractivity contribution in [1.82, 2.24) is 4.90 Å². The van der Waals surface area contributed by atoms with Crippen molar-refractivity contribution in [3.8, 4) is 0 Å². The maximum absolute atomic E-state index is 12.5. The molecule has 0 aliphatic carbocycles. The number of amides is 1. The number of hydrogen-bond acceptors (Lipinski definition) is 4. The van der Waals surface area contributed by atoms with Gasteiger partial charge in [0.1, 0.15) is 6.04 Å². The Bertz CT molecular complexity index is 477. The lowest BCUT2D eigenvalue weighted by Crippen LogP contribution is -2.53. The summed E-state index contributed by atoms with van der Waals surface area (Å²) < 4.78 is 11.4. The van der Waals surface area contributed by atoms with E-state index in [0.29, 0.717) is 26.3 Å². The fourth-order valence-electron chi connectivity index (χ4n) is 2.91. The Labute approximate surface area is 130 Å². The molecule has 0 aromatic heterocycles. The van der Waals surface area contributed by atoms with Crippen LogP contribution in [0.3, 0.4) is 0 Å². The van der Waals surface area contributed by atoms with Gasteiger partial charge in [-0.25, -0.2) is 0 Å². The number of rotatable bonds is 2. The van der Waals surface area contributed by atoms with Crippen LogP contribution in [0.25, 0.3) is 0 Å². The average molecular weight is 313 g/mol. The maximum atomic E-state index is 12.5. The number of nitrogens with two attached hydrogens (primary N) is 1. The van der Waals surface area contributed by atoms with Crippen LogP contribution in [0, 0.1) is 0 Å². The number of benzene rings is 1. The van der Waals surface area contributed by atoms with Gasteiger partial charge in [0, 0.05) is 13.0 Å². The molecule has 1 spiro atoms. The van der Waals surface area contributed by atoms with E-state index in [1.807, 2.05) is 30.3 Å². The fourth-order valence-corrected chi connectivity index (χ4v) is 2.91. The van der Waals surface area contributed by atoms with Crippen LogP contribution in [-0.2, 0) is 14.3 Å². The lowest BCUT2D eigenvalue weighted by molar-refractivity contribution is -0.193. The summed E-state index contributed by atoms with van der Waals surface area (Å²) in [6.07, 6.45) is 1.73. The Morgan fingerprint density at radius 3 is 2.57 bits per heavy atom. The summed E-state index contributed by atoms with van der Waals surface area (Å²) in [4.78, 5) is 14.3. The zero-order valence-corrected chi connectivity index (χ0v) is 12.7. The van der Waals surface area contributed by atoms with E-state index in [1.54, 1.807) is 4.90 Å². The van der Waals surface area contributed by atoms with E-state index in [4.69, 9.17) is 15.2 Å². The Balaban J connectivity index is 0.00000161. The van der Waals surface area contributed by atoms with Gasteiger partial charge >= 0.3 is 0 Å². The van der Waals surface area contributed by atoms with Crippen molar-refractivity contribution in [2.45, 2.75) is 24.7 Å². The van der Waals surface area contributed by atoms with Crippen molar-refractivity contribution in [3.63, 3.8) is 0 Å². The normalized spacial score (nSPS) is 21.9. The van der Waals surface area contributed by atoms with Gasteiger partial charge in [-0.3, -0.25) is 4.79 Å². The molecule has 0 bridgehead atoms. The van der Waals surface area contributed by atoms with Crippen LogP contribution in [0.1, 0.15) is 24.4 Å². The molecule has 3 rings (SSSR count). The fraction of sp³-hybridized carbons (Fsp3) is 0.533. The largest absolute Gasteiger partial charge is 0.346 e. The monoisotopic (exact) mass is 312 g/mol. The minimum absolute atomic E-state index is 0. The number of piperidine rings is 1. The molecule has 1 unspecified atom stereocenters. The number of ether oxygens (including phenoxy) is 2. The number of carbonyl (C=O) groups is 1. The van der Waals surface area contributed by atoms with E-state index in [-0.39, 0.29) is 18.3 Å². The van der Waals surface area contributed by atoms with Crippen LogP contribution in [0.5, 0.6) is 0 Å². The van der Waals surface area contributed by atoms with E-state index >= 15 is 0 Å². The third-order valence-corrected chi connectivity index (χ3v) is 3.97. The van der Waals surface area contributed by atoms with Crippen LogP contribution >= 0.6 is 12.4 Å². The van der Waals surface area contributed by atoms with Crippen molar-refractivity contribution >= 4 is 18.3 Å². The van der Waals surface area contributed by atoms with Gasteiger partial charge in [-0.1, -0.05) is 30.3 Å². The third-order valence-electron chi connectivity index (χ3n) is 3.97. The van der Waals surface area contributed by atoms with E-state index in [9.17, 15) is 4.79 Å². The van der Waals surface area contributed by atoms with E-state index in [0.717, 1.165) is 18.4 Å². The second kappa shape index (κ2) is 6.75. The lowest BCUT2D eigenvalue weighted by Gasteiger charge is -2.39. The highest BCUT2D eigenvalue weighted by atomic mass is 35.5. The van der Waals surface area contributed by atoms with E-state index in [1.165, 1.54) is 0 Å². The molecule has 116 valence electrons. The molecular weight excluding hydrogens is 292 g/mol. The molecular formula is C15H21ClN2O3. The molecule has 1 aromatic carbocycles. The highest BCUT2D eigenvalue weighted by Gasteiger charge is 2.42. The van der Waals surface area contributed by atoms with Crippen LogP contribution in [0.4, 0.5) is 0 Å². The Kier molecular flexibility index (Phi) is 5.22. The summed E-state index contributed by atoms with van der Waals surface area (Å²) in [5.74, 6) is -0.654. The summed E-state index contributed by atoms with van der Waals surface area (Å²) >= 11 is 0. The van der Waals surface area contributed by atoms with Gasteiger partial charge in [-0.05, 0) is 12.0 Å². The molecule has 2 aliphatic rings. The highest BCUT2D eigenvalue weighted by Crippen LogP contribution is 2.31. The topological polar surface area (TPSA) is 64.8 Å². The molecule has 1 amide bonds. The molecule has 21 heavy (non-hydrogen) atoms. The number of hydrogen-bond donors (Lipinski definition) is 1. The lowest BCUT2D eigenvalue weighted by atomic mass is 10.0. The van der Waals surface area contributed by atoms with Crippen molar-refractivity contribution in [1.29, 1.82) is 0 Å². The van der Waals surface area contributed by atoms with Gasteiger partial charge in [0.2, 0.25) is 5.91 Å². The van der Waals surface area contributed by atoms with Crippen LogP contribution < -0.4 is 5.73 Å². The smallest absolute Gasteiger partial charge is 0.244 e. The van der Waals surface area contributed by atoms with E-state index in [2.05, 4.69) is 0 Å². The second-order valence-electron chi connectivity index (χ2n) is 5.36. The third kappa shape index (κ3) is 3.37. The standard InChI is InChI=1S/C15H20N2O3.ClH/c16-13(12-5-2-1-3-6-12)14(18)17-8-4-7-15(11-17)19-9-10-20-15;/h1-3,5-6,13H,4,7-11,16H2;1H. The molecule has 2 aliphatic heterocycles. The molecule has 2 fully saturated rings. The van der Waals surface area contributed by atoms with Gasteiger partial charge < -0.3 is 20.1 Å². The molecule has 6 heteroatoms. The first-order valence-electron chi connectivity index (χ1n) is 7.07. The van der Waals surface area contributed by atoms with Crippen LogP contribution in [-0.4, -0.2) is 42.9 Å². The molecule has 2 N–H and O–H groups in total. The summed E-state index contributed by atoms with van der Waals surface area (Å²) in [7, 11) is 0. The van der Waals surface area contributed by atoms with Crippen molar-refractivity contribution in [2.24, 2.45) is 5.73 Å². The zero-order chi connectivity index (χ0) is 14.0. The summed E-state index contributed by atoms with van der Waals surface area (Å²) in [6, 6.07) is 8.84. The minimum Gasteiger partial charge on any atom is -0.346 e. The molecule has 0 radical (unpaired) electrons. The molecule has 1 aromatic rings. The summed E-state index contributed by atoms with van der Waals surface area (Å²) in [5, 5.41) is 0. The number of likely N-dealkylation sites (tertiary alicyclic amines) is 1. The van der Waals surface area contributed by atoms with Crippen molar-refractivity contribution < 1.29 is 14.3 Å². The van der Waals surface area contributed by atoms with Crippen molar-refractivity contribution in [2.75, 3.05) is 26.3 Å². The molecule has 2 heterocycles. The van der Waals surface area contributed by atoms with Gasteiger partial charge in [0.15, 0.2) is 5.79 Å². The predicted molar refractivity (Wildman–Crippen MR) is 81.1 cm³/mol. The second-order valence-corrected chi connectivity index (χ2v) is 5.36. The Morgan fingerprint density at radius 2 is 1.90 bits per heavy atom. The quantitative estimate of drug-likeness (QED) is 0.898. The van der Waals surface area contributed by atoms with E-state index < -0.39 is 11.8 Å². The van der Waals surface area contributed by atoms with Gasteiger partial charge in [0.25, 0.3) is 0 Å². The first kappa shape index (κ1) is 16.2. The summed E-state index contributed by atoms with van der Waals surface area (Å²) in [5.41, 5.74) is 6.92.